The van der Waals surface area contributed by atoms with Crippen LogP contribution >= 0.6 is 0 Å². The molecule has 1 heterocycles. The molecule has 0 aromatic heterocycles. The van der Waals surface area contributed by atoms with E-state index in [1.54, 1.807) is 12.0 Å². The Morgan fingerprint density at radius 2 is 2.14 bits per heavy atom. The number of ether oxygens (including phenoxy) is 1. The van der Waals surface area contributed by atoms with Crippen LogP contribution in [0.25, 0.3) is 0 Å². The number of nitrogens with zero attached hydrogens (tertiary/aromatic N) is 1. The molecule has 0 aliphatic carbocycles. The molecular formula is C16H22N2O3. The van der Waals surface area contributed by atoms with Crippen molar-refractivity contribution in [3.63, 3.8) is 0 Å². The second kappa shape index (κ2) is 6.61. The van der Waals surface area contributed by atoms with Gasteiger partial charge in [-0.3, -0.25) is 9.59 Å². The summed E-state index contributed by atoms with van der Waals surface area (Å²) < 4.78 is 5.26. The van der Waals surface area contributed by atoms with E-state index in [1.807, 2.05) is 38.1 Å². The first-order valence-electron chi connectivity index (χ1n) is 7.22. The maximum Gasteiger partial charge on any atom is 0.225 e. The molecule has 1 N–H and O–H groups in total. The van der Waals surface area contributed by atoms with Crippen molar-refractivity contribution in [3.8, 4) is 5.75 Å². The smallest absolute Gasteiger partial charge is 0.225 e. The second-order valence-electron chi connectivity index (χ2n) is 5.57. The summed E-state index contributed by atoms with van der Waals surface area (Å²) in [6, 6.07) is 7.72. The normalized spacial score (nSPS) is 18.2. The second-order valence-corrected chi connectivity index (χ2v) is 5.57. The molecule has 5 heteroatoms. The van der Waals surface area contributed by atoms with Gasteiger partial charge in [0.2, 0.25) is 11.8 Å². The van der Waals surface area contributed by atoms with Crippen molar-refractivity contribution in [1.29, 1.82) is 0 Å². The summed E-state index contributed by atoms with van der Waals surface area (Å²) in [7, 11) is 1.61. The Morgan fingerprint density at radius 1 is 1.43 bits per heavy atom. The number of hydrogen-bond donors (Lipinski definition) is 1. The van der Waals surface area contributed by atoms with E-state index in [0.717, 1.165) is 11.3 Å². The molecule has 0 saturated carbocycles. The van der Waals surface area contributed by atoms with Crippen LogP contribution in [0.4, 0.5) is 0 Å². The first-order chi connectivity index (χ1) is 10.0. The van der Waals surface area contributed by atoms with E-state index in [0.29, 0.717) is 19.5 Å². The third-order valence-corrected chi connectivity index (χ3v) is 3.80. The predicted molar refractivity (Wildman–Crippen MR) is 79.8 cm³/mol. The zero-order chi connectivity index (χ0) is 15.4. The Labute approximate surface area is 125 Å². The number of benzene rings is 1. The van der Waals surface area contributed by atoms with Crippen molar-refractivity contribution >= 4 is 11.8 Å². The topological polar surface area (TPSA) is 58.6 Å². The highest BCUT2D eigenvalue weighted by molar-refractivity contribution is 5.89. The SMILES string of the molecule is COc1ccccc1CNC(=O)C1CC(=O)N(C(C)C)C1. The van der Waals surface area contributed by atoms with Crippen LogP contribution in [-0.4, -0.2) is 36.4 Å². The third kappa shape index (κ3) is 3.54. The predicted octanol–water partition coefficient (Wildman–Crippen LogP) is 1.57. The van der Waals surface area contributed by atoms with Crippen LogP contribution in [0.15, 0.2) is 24.3 Å². The van der Waals surface area contributed by atoms with Gasteiger partial charge in [-0.1, -0.05) is 18.2 Å². The van der Waals surface area contributed by atoms with Gasteiger partial charge in [0.1, 0.15) is 5.75 Å². The van der Waals surface area contributed by atoms with Gasteiger partial charge < -0.3 is 15.0 Å². The Hall–Kier alpha value is -2.04. The zero-order valence-electron chi connectivity index (χ0n) is 12.8. The van der Waals surface area contributed by atoms with Crippen LogP contribution in [0.2, 0.25) is 0 Å². The van der Waals surface area contributed by atoms with Gasteiger partial charge in [0, 0.05) is 31.1 Å². The molecule has 5 nitrogen and oxygen atoms in total. The summed E-state index contributed by atoms with van der Waals surface area (Å²) in [6.45, 7) is 4.85. The largest absolute Gasteiger partial charge is 0.496 e. The monoisotopic (exact) mass is 290 g/mol. The fourth-order valence-electron chi connectivity index (χ4n) is 2.58. The standard InChI is InChI=1S/C16H22N2O3/c1-11(2)18-10-13(8-15(18)19)16(20)17-9-12-6-4-5-7-14(12)21-3/h4-7,11,13H,8-10H2,1-3H3,(H,17,20). The van der Waals surface area contributed by atoms with E-state index < -0.39 is 0 Å². The summed E-state index contributed by atoms with van der Waals surface area (Å²) in [5.41, 5.74) is 0.929. The number of nitrogens with one attached hydrogen (secondary N) is 1. The van der Waals surface area contributed by atoms with E-state index in [1.165, 1.54) is 0 Å². The summed E-state index contributed by atoms with van der Waals surface area (Å²) >= 11 is 0. The first kappa shape index (κ1) is 15.4. The molecule has 0 bridgehead atoms. The number of carbonyl (C=O) groups is 2. The van der Waals surface area contributed by atoms with Crippen molar-refractivity contribution in [1.82, 2.24) is 10.2 Å². The lowest BCUT2D eigenvalue weighted by molar-refractivity contribution is -0.130. The lowest BCUT2D eigenvalue weighted by atomic mass is 10.1. The quantitative estimate of drug-likeness (QED) is 0.895. The lowest BCUT2D eigenvalue weighted by Crippen LogP contribution is -2.35. The van der Waals surface area contributed by atoms with Gasteiger partial charge in [-0.25, -0.2) is 0 Å². The molecule has 21 heavy (non-hydrogen) atoms. The summed E-state index contributed by atoms with van der Waals surface area (Å²) in [4.78, 5) is 25.8. The molecule has 1 atom stereocenters. The maximum atomic E-state index is 12.2. The Bertz CT molecular complexity index is 528. The molecule has 2 rings (SSSR count). The zero-order valence-corrected chi connectivity index (χ0v) is 12.8. The molecule has 0 spiro atoms. The van der Waals surface area contributed by atoms with Gasteiger partial charge in [0.25, 0.3) is 0 Å². The lowest BCUT2D eigenvalue weighted by Gasteiger charge is -2.20. The number of carbonyl (C=O) groups excluding carboxylic acids is 2. The number of para-hydroxylation sites is 1. The van der Waals surface area contributed by atoms with Crippen molar-refractivity contribution in [2.45, 2.75) is 32.9 Å². The van der Waals surface area contributed by atoms with E-state index in [-0.39, 0.29) is 23.8 Å². The van der Waals surface area contributed by atoms with Gasteiger partial charge in [0.05, 0.1) is 13.0 Å². The van der Waals surface area contributed by atoms with Crippen molar-refractivity contribution < 1.29 is 14.3 Å². The first-order valence-corrected chi connectivity index (χ1v) is 7.22. The van der Waals surface area contributed by atoms with Gasteiger partial charge in [0.15, 0.2) is 0 Å². The highest BCUT2D eigenvalue weighted by Gasteiger charge is 2.35. The number of methoxy groups -OCH3 is 1. The highest BCUT2D eigenvalue weighted by atomic mass is 16.5. The Morgan fingerprint density at radius 3 is 2.76 bits per heavy atom. The molecule has 1 saturated heterocycles. The molecule has 2 amide bonds. The van der Waals surface area contributed by atoms with Gasteiger partial charge in [-0.15, -0.1) is 0 Å². The minimum absolute atomic E-state index is 0.0578. The fourth-order valence-corrected chi connectivity index (χ4v) is 2.58. The Balaban J connectivity index is 1.92. The molecular weight excluding hydrogens is 268 g/mol. The molecule has 1 unspecified atom stereocenters. The van der Waals surface area contributed by atoms with E-state index in [4.69, 9.17) is 4.74 Å². The molecule has 1 aliphatic rings. The average Bonchev–Trinajstić information content (AvgIpc) is 2.87. The van der Waals surface area contributed by atoms with Gasteiger partial charge >= 0.3 is 0 Å². The minimum Gasteiger partial charge on any atom is -0.496 e. The van der Waals surface area contributed by atoms with E-state index in [9.17, 15) is 9.59 Å². The van der Waals surface area contributed by atoms with E-state index >= 15 is 0 Å². The molecule has 0 radical (unpaired) electrons. The molecule has 1 aromatic rings. The number of rotatable bonds is 5. The van der Waals surface area contributed by atoms with E-state index in [2.05, 4.69) is 5.32 Å². The minimum atomic E-state index is -0.255. The van der Waals surface area contributed by atoms with Gasteiger partial charge in [-0.2, -0.15) is 0 Å². The molecule has 1 fully saturated rings. The number of likely N-dealkylation sites (tertiary alicyclic amines) is 1. The maximum absolute atomic E-state index is 12.2. The summed E-state index contributed by atoms with van der Waals surface area (Å²) in [5.74, 6) is 0.485. The average molecular weight is 290 g/mol. The Kier molecular flexibility index (Phi) is 4.83. The van der Waals surface area contributed by atoms with Crippen LogP contribution < -0.4 is 10.1 Å². The highest BCUT2D eigenvalue weighted by Crippen LogP contribution is 2.21. The van der Waals surface area contributed by atoms with Crippen LogP contribution in [0.5, 0.6) is 5.75 Å². The van der Waals surface area contributed by atoms with Crippen LogP contribution in [-0.2, 0) is 16.1 Å². The van der Waals surface area contributed by atoms with Crippen LogP contribution in [0.1, 0.15) is 25.8 Å². The summed E-state index contributed by atoms with van der Waals surface area (Å²) in [6.07, 6.45) is 0.302. The fraction of sp³-hybridized carbons (Fsp3) is 0.500. The van der Waals surface area contributed by atoms with Crippen molar-refractivity contribution in [2.24, 2.45) is 5.92 Å². The van der Waals surface area contributed by atoms with Crippen LogP contribution in [0, 0.1) is 5.92 Å². The van der Waals surface area contributed by atoms with Crippen molar-refractivity contribution in [3.05, 3.63) is 29.8 Å². The third-order valence-electron chi connectivity index (χ3n) is 3.80. The summed E-state index contributed by atoms with van der Waals surface area (Å²) in [5, 5.41) is 2.90. The molecule has 114 valence electrons. The number of hydrogen-bond acceptors (Lipinski definition) is 3. The van der Waals surface area contributed by atoms with Crippen molar-refractivity contribution in [2.75, 3.05) is 13.7 Å². The molecule has 1 aliphatic heterocycles. The van der Waals surface area contributed by atoms with Crippen LogP contribution in [0.3, 0.4) is 0 Å². The number of amides is 2. The van der Waals surface area contributed by atoms with Gasteiger partial charge in [-0.05, 0) is 19.9 Å². The molecule has 1 aromatic carbocycles.